The zero-order valence-corrected chi connectivity index (χ0v) is 14.6. The first-order valence-corrected chi connectivity index (χ1v) is 8.19. The number of phenolic OH excluding ortho intramolecular Hbond substituents is 3. The lowest BCUT2D eigenvalue weighted by atomic mass is 9.78. The summed E-state index contributed by atoms with van der Waals surface area (Å²) in [6.45, 7) is 4.98. The van der Waals surface area contributed by atoms with Crippen LogP contribution in [-0.2, 0) is 0 Å². The van der Waals surface area contributed by atoms with E-state index in [0.717, 1.165) is 0 Å². The van der Waals surface area contributed by atoms with Gasteiger partial charge in [-0.15, -0.1) is 0 Å². The zero-order valence-electron chi connectivity index (χ0n) is 14.6. The lowest BCUT2D eigenvalue weighted by Gasteiger charge is -2.23. The van der Waals surface area contributed by atoms with Crippen molar-refractivity contribution in [1.29, 1.82) is 0 Å². The average molecular weight is 354 g/mol. The first-order valence-electron chi connectivity index (χ1n) is 8.19. The summed E-state index contributed by atoms with van der Waals surface area (Å²) in [7, 11) is 0. The van der Waals surface area contributed by atoms with E-state index in [4.69, 9.17) is 0 Å². The Balaban J connectivity index is 2.41. The second kappa shape index (κ2) is 5.98. The van der Waals surface area contributed by atoms with Gasteiger partial charge in [-0.3, -0.25) is 14.4 Å². The number of ketones is 3. The smallest absolute Gasteiger partial charge is 0.199 e. The van der Waals surface area contributed by atoms with Gasteiger partial charge in [0, 0.05) is 17.5 Å². The molecule has 3 rings (SSSR count). The van der Waals surface area contributed by atoms with Crippen molar-refractivity contribution in [3.63, 3.8) is 0 Å². The maximum atomic E-state index is 13.0. The zero-order chi connectivity index (χ0) is 19.3. The Bertz CT molecular complexity index is 985. The second-order valence-corrected chi connectivity index (χ2v) is 6.83. The molecule has 0 saturated heterocycles. The van der Waals surface area contributed by atoms with Gasteiger partial charge in [0.25, 0.3) is 0 Å². The molecule has 2 aromatic rings. The van der Waals surface area contributed by atoms with E-state index in [0.29, 0.717) is 0 Å². The summed E-state index contributed by atoms with van der Waals surface area (Å²) in [4.78, 5) is 38.6. The van der Waals surface area contributed by atoms with Crippen LogP contribution in [0.2, 0.25) is 0 Å². The molecule has 0 fully saturated rings. The molecule has 2 aromatic carbocycles. The first-order chi connectivity index (χ1) is 12.2. The minimum atomic E-state index is -0.773. The molecule has 1 aliphatic carbocycles. The summed E-state index contributed by atoms with van der Waals surface area (Å²) < 4.78 is 0. The molecule has 0 aliphatic heterocycles. The van der Waals surface area contributed by atoms with Crippen LogP contribution in [0.5, 0.6) is 17.2 Å². The van der Waals surface area contributed by atoms with Crippen LogP contribution in [0.25, 0.3) is 0 Å². The number of hydrogen-bond donors (Lipinski definition) is 3. The number of aromatic hydroxyl groups is 3. The van der Waals surface area contributed by atoms with Crippen LogP contribution < -0.4 is 0 Å². The van der Waals surface area contributed by atoms with Gasteiger partial charge in [-0.05, 0) is 18.9 Å². The van der Waals surface area contributed by atoms with Crippen LogP contribution in [-0.4, -0.2) is 32.7 Å². The number of carbonyl (C=O) groups excluding carboxylic acids is 3. The highest BCUT2D eigenvalue weighted by Gasteiger charge is 2.39. The van der Waals surface area contributed by atoms with Crippen LogP contribution in [0.15, 0.2) is 18.2 Å². The molecule has 6 heteroatoms. The minimum Gasteiger partial charge on any atom is -0.507 e. The fraction of sp³-hybridized carbons (Fsp3) is 0.250. The van der Waals surface area contributed by atoms with Crippen molar-refractivity contribution in [2.45, 2.75) is 27.2 Å². The van der Waals surface area contributed by atoms with Crippen molar-refractivity contribution in [2.24, 2.45) is 5.92 Å². The topological polar surface area (TPSA) is 112 Å². The maximum Gasteiger partial charge on any atom is 0.199 e. The predicted molar refractivity (Wildman–Crippen MR) is 93.3 cm³/mol. The number of phenols is 3. The molecule has 0 radical (unpaired) electrons. The number of fused-ring (bicyclic) bond motifs is 2. The molecule has 1 aliphatic rings. The molecule has 0 aromatic heterocycles. The van der Waals surface area contributed by atoms with E-state index in [9.17, 15) is 29.7 Å². The van der Waals surface area contributed by atoms with Crippen molar-refractivity contribution in [2.75, 3.05) is 0 Å². The Hall–Kier alpha value is -3.15. The Morgan fingerprint density at radius 3 is 2.23 bits per heavy atom. The van der Waals surface area contributed by atoms with Gasteiger partial charge in [-0.25, -0.2) is 0 Å². The monoisotopic (exact) mass is 354 g/mol. The summed E-state index contributed by atoms with van der Waals surface area (Å²) in [5.74, 6) is -3.44. The van der Waals surface area contributed by atoms with E-state index >= 15 is 0 Å². The number of benzene rings is 2. The van der Waals surface area contributed by atoms with Gasteiger partial charge in [0.2, 0.25) is 0 Å². The highest BCUT2D eigenvalue weighted by Crippen LogP contribution is 2.44. The summed E-state index contributed by atoms with van der Waals surface area (Å²) in [6, 6.07) is 4.05. The second-order valence-electron chi connectivity index (χ2n) is 6.83. The molecule has 0 spiro atoms. The fourth-order valence-corrected chi connectivity index (χ4v) is 3.27. The summed E-state index contributed by atoms with van der Waals surface area (Å²) in [5, 5.41) is 30.9. The van der Waals surface area contributed by atoms with Crippen LogP contribution >= 0.6 is 0 Å². The fourth-order valence-electron chi connectivity index (χ4n) is 3.27. The molecule has 0 heterocycles. The lowest BCUT2D eigenvalue weighted by Crippen LogP contribution is -2.25. The normalized spacial score (nSPS) is 12.9. The molecule has 0 bridgehead atoms. The van der Waals surface area contributed by atoms with Crippen molar-refractivity contribution in [3.05, 3.63) is 51.6 Å². The molecule has 0 unspecified atom stereocenters. The SMILES string of the molecule is Cc1c(O)c(C(=O)CC(C)C)c2c(c1O)C(=O)c1cccc(O)c1C2=O. The van der Waals surface area contributed by atoms with Crippen LogP contribution in [0, 0.1) is 12.8 Å². The molecule has 0 atom stereocenters. The van der Waals surface area contributed by atoms with E-state index < -0.39 is 34.6 Å². The molecule has 6 nitrogen and oxygen atoms in total. The van der Waals surface area contributed by atoms with Crippen LogP contribution in [0.1, 0.15) is 68.0 Å². The standard InChI is InChI=1S/C20H18O6/c1-8(2)7-12(22)14-15-16(18(24)9(3)17(14)23)19(25)10-5-4-6-11(21)13(10)20(15)26/h4-6,8,21,23-24H,7H2,1-3H3. The molecule has 0 amide bonds. The molecule has 3 N–H and O–H groups in total. The van der Waals surface area contributed by atoms with Crippen molar-refractivity contribution < 1.29 is 29.7 Å². The number of carbonyl (C=O) groups is 3. The van der Waals surface area contributed by atoms with Crippen molar-refractivity contribution in [3.8, 4) is 17.2 Å². The minimum absolute atomic E-state index is 0.0401. The van der Waals surface area contributed by atoms with Gasteiger partial charge in [-0.1, -0.05) is 26.0 Å². The molecule has 0 saturated carbocycles. The van der Waals surface area contributed by atoms with Gasteiger partial charge in [-0.2, -0.15) is 0 Å². The average Bonchev–Trinajstić information content (AvgIpc) is 2.56. The van der Waals surface area contributed by atoms with E-state index in [-0.39, 0.29) is 45.7 Å². The predicted octanol–water partition coefficient (Wildman–Crippen LogP) is 3.12. The van der Waals surface area contributed by atoms with Gasteiger partial charge in [0.1, 0.15) is 17.2 Å². The quantitative estimate of drug-likeness (QED) is 0.623. The van der Waals surface area contributed by atoms with Crippen LogP contribution in [0.4, 0.5) is 0 Å². The summed E-state index contributed by atoms with van der Waals surface area (Å²) >= 11 is 0. The third-order valence-corrected chi connectivity index (χ3v) is 4.52. The molecular formula is C20H18O6. The molecule has 134 valence electrons. The molecular weight excluding hydrogens is 336 g/mol. The van der Waals surface area contributed by atoms with Gasteiger partial charge >= 0.3 is 0 Å². The lowest BCUT2D eigenvalue weighted by molar-refractivity contribution is 0.0942. The molecule has 26 heavy (non-hydrogen) atoms. The summed E-state index contributed by atoms with van der Waals surface area (Å²) in [6.07, 6.45) is 0.0549. The van der Waals surface area contributed by atoms with Crippen LogP contribution in [0.3, 0.4) is 0 Å². The Kier molecular flexibility index (Phi) is 4.06. The number of rotatable bonds is 3. The van der Waals surface area contributed by atoms with E-state index in [2.05, 4.69) is 0 Å². The Labute approximate surface area is 149 Å². The maximum absolute atomic E-state index is 13.0. The van der Waals surface area contributed by atoms with E-state index in [1.807, 2.05) is 13.8 Å². The third kappa shape index (κ3) is 2.37. The van der Waals surface area contributed by atoms with E-state index in [1.165, 1.54) is 25.1 Å². The Morgan fingerprint density at radius 2 is 1.62 bits per heavy atom. The first kappa shape index (κ1) is 17.7. The van der Waals surface area contributed by atoms with Gasteiger partial charge in [0.05, 0.1) is 22.3 Å². The van der Waals surface area contributed by atoms with Crippen molar-refractivity contribution in [1.82, 2.24) is 0 Å². The summed E-state index contributed by atoms with van der Waals surface area (Å²) in [5.41, 5.74) is -1.26. The Morgan fingerprint density at radius 1 is 0.962 bits per heavy atom. The highest BCUT2D eigenvalue weighted by atomic mass is 16.3. The van der Waals surface area contributed by atoms with Gasteiger partial charge < -0.3 is 15.3 Å². The van der Waals surface area contributed by atoms with Gasteiger partial charge in [0.15, 0.2) is 17.3 Å². The van der Waals surface area contributed by atoms with Crippen molar-refractivity contribution >= 4 is 17.3 Å². The number of Topliss-reactive ketones (excluding diaryl/α,β-unsaturated/α-hetero) is 1. The third-order valence-electron chi connectivity index (χ3n) is 4.52. The number of hydrogen-bond acceptors (Lipinski definition) is 6. The van der Waals surface area contributed by atoms with E-state index in [1.54, 1.807) is 0 Å². The largest absolute Gasteiger partial charge is 0.507 e. The highest BCUT2D eigenvalue weighted by molar-refractivity contribution is 6.33.